The number of aryl methyl sites for hydroxylation is 3. The van der Waals surface area contributed by atoms with Crippen molar-refractivity contribution < 1.29 is 9.53 Å². The second kappa shape index (κ2) is 4.24. The highest BCUT2D eigenvalue weighted by atomic mass is 16.5. The van der Waals surface area contributed by atoms with E-state index in [1.807, 2.05) is 20.8 Å². The number of nitrogens with one attached hydrogen (secondary N) is 1. The number of rotatable bonds is 2. The molecule has 0 fully saturated rings. The van der Waals surface area contributed by atoms with Crippen molar-refractivity contribution in [1.29, 1.82) is 0 Å². The zero-order valence-electron chi connectivity index (χ0n) is 10.7. The summed E-state index contributed by atoms with van der Waals surface area (Å²) < 4.78 is 5.04. The largest absolute Gasteiger partial charge is 0.461 e. The van der Waals surface area contributed by atoms with Gasteiger partial charge in [0.2, 0.25) is 0 Å². The standard InChI is InChI=1S/C14H17NO2/c1-5-17-14(16)13-10(4)11-7-8(2)6-9(3)12(11)15-13/h6-7,15H,5H2,1-4H3. The molecule has 3 nitrogen and oxygen atoms in total. The smallest absolute Gasteiger partial charge is 0.355 e. The molecule has 0 aliphatic carbocycles. The van der Waals surface area contributed by atoms with Crippen molar-refractivity contribution in [1.82, 2.24) is 4.98 Å². The van der Waals surface area contributed by atoms with Crippen LogP contribution in [0.1, 0.15) is 34.1 Å². The maximum absolute atomic E-state index is 11.8. The first-order valence-corrected chi connectivity index (χ1v) is 5.81. The number of aromatic amines is 1. The van der Waals surface area contributed by atoms with Crippen molar-refractivity contribution in [3.63, 3.8) is 0 Å². The quantitative estimate of drug-likeness (QED) is 0.806. The number of fused-ring (bicyclic) bond motifs is 1. The number of esters is 1. The van der Waals surface area contributed by atoms with E-state index in [2.05, 4.69) is 24.0 Å². The minimum absolute atomic E-state index is 0.279. The Morgan fingerprint density at radius 3 is 2.65 bits per heavy atom. The third-order valence-electron chi connectivity index (χ3n) is 2.99. The SMILES string of the molecule is CCOC(=O)c1[nH]c2c(C)cc(C)cc2c1C. The summed E-state index contributed by atoms with van der Waals surface area (Å²) in [6.45, 7) is 8.25. The average molecular weight is 231 g/mol. The summed E-state index contributed by atoms with van der Waals surface area (Å²) in [5.74, 6) is -0.279. The lowest BCUT2D eigenvalue weighted by atomic mass is 10.1. The molecule has 1 aromatic carbocycles. The zero-order chi connectivity index (χ0) is 12.6. The molecule has 0 spiro atoms. The first kappa shape index (κ1) is 11.7. The van der Waals surface area contributed by atoms with Gasteiger partial charge in [0.05, 0.1) is 6.61 Å². The third-order valence-corrected chi connectivity index (χ3v) is 2.99. The Kier molecular flexibility index (Phi) is 2.92. The number of ether oxygens (including phenoxy) is 1. The molecule has 0 aliphatic rings. The lowest BCUT2D eigenvalue weighted by molar-refractivity contribution is 0.0520. The second-order valence-corrected chi connectivity index (χ2v) is 4.35. The van der Waals surface area contributed by atoms with E-state index < -0.39 is 0 Å². The van der Waals surface area contributed by atoms with Crippen molar-refractivity contribution in [2.75, 3.05) is 6.61 Å². The van der Waals surface area contributed by atoms with E-state index in [0.29, 0.717) is 12.3 Å². The van der Waals surface area contributed by atoms with Gasteiger partial charge in [0.25, 0.3) is 0 Å². The van der Waals surface area contributed by atoms with Gasteiger partial charge < -0.3 is 9.72 Å². The summed E-state index contributed by atoms with van der Waals surface area (Å²) in [6, 6.07) is 4.20. The van der Waals surface area contributed by atoms with E-state index in [-0.39, 0.29) is 5.97 Å². The predicted molar refractivity (Wildman–Crippen MR) is 68.5 cm³/mol. The molecule has 1 aromatic heterocycles. The Hall–Kier alpha value is -1.77. The number of aromatic nitrogens is 1. The molecule has 0 radical (unpaired) electrons. The molecule has 0 bridgehead atoms. The molecule has 0 aliphatic heterocycles. The molecule has 17 heavy (non-hydrogen) atoms. The Balaban J connectivity index is 2.64. The molecule has 0 saturated heterocycles. The lowest BCUT2D eigenvalue weighted by Crippen LogP contribution is -2.06. The van der Waals surface area contributed by atoms with Gasteiger partial charge in [-0.1, -0.05) is 11.6 Å². The molecule has 0 saturated carbocycles. The van der Waals surface area contributed by atoms with E-state index in [4.69, 9.17) is 4.74 Å². The highest BCUT2D eigenvalue weighted by Crippen LogP contribution is 2.26. The van der Waals surface area contributed by atoms with Crippen LogP contribution in [0, 0.1) is 20.8 Å². The highest BCUT2D eigenvalue weighted by molar-refractivity contribution is 5.99. The maximum Gasteiger partial charge on any atom is 0.355 e. The van der Waals surface area contributed by atoms with Crippen LogP contribution in [0.25, 0.3) is 10.9 Å². The van der Waals surface area contributed by atoms with Crippen LogP contribution in [0.4, 0.5) is 0 Å². The number of carbonyl (C=O) groups excluding carboxylic acids is 1. The lowest BCUT2D eigenvalue weighted by Gasteiger charge is -1.99. The Labute approximate surface area is 101 Å². The minimum atomic E-state index is -0.279. The molecule has 2 rings (SSSR count). The first-order valence-electron chi connectivity index (χ1n) is 5.81. The van der Waals surface area contributed by atoms with Gasteiger partial charge in [-0.25, -0.2) is 4.79 Å². The summed E-state index contributed by atoms with van der Waals surface area (Å²) in [7, 11) is 0. The molecule has 1 heterocycles. The summed E-state index contributed by atoms with van der Waals surface area (Å²) in [5, 5.41) is 1.10. The van der Waals surface area contributed by atoms with Crippen LogP contribution in [0.2, 0.25) is 0 Å². The molecule has 0 atom stereocenters. The summed E-state index contributed by atoms with van der Waals surface area (Å²) in [6.07, 6.45) is 0. The number of H-pyrrole nitrogens is 1. The molecule has 3 heteroatoms. The van der Waals surface area contributed by atoms with Gasteiger partial charge in [0.1, 0.15) is 5.69 Å². The maximum atomic E-state index is 11.8. The van der Waals surface area contributed by atoms with Crippen LogP contribution < -0.4 is 0 Å². The van der Waals surface area contributed by atoms with Crippen molar-refractivity contribution >= 4 is 16.9 Å². The fourth-order valence-electron chi connectivity index (χ4n) is 2.19. The predicted octanol–water partition coefficient (Wildman–Crippen LogP) is 3.27. The van der Waals surface area contributed by atoms with Gasteiger partial charge >= 0.3 is 5.97 Å². The highest BCUT2D eigenvalue weighted by Gasteiger charge is 2.16. The van der Waals surface area contributed by atoms with E-state index in [9.17, 15) is 4.79 Å². The minimum Gasteiger partial charge on any atom is -0.461 e. The molecule has 2 aromatic rings. The van der Waals surface area contributed by atoms with Crippen LogP contribution in [0.5, 0.6) is 0 Å². The van der Waals surface area contributed by atoms with Gasteiger partial charge in [0, 0.05) is 10.9 Å². The fraction of sp³-hybridized carbons (Fsp3) is 0.357. The molecular weight excluding hydrogens is 214 g/mol. The molecular formula is C14H17NO2. The van der Waals surface area contributed by atoms with E-state index in [1.165, 1.54) is 5.56 Å². The molecule has 0 unspecified atom stereocenters. The Morgan fingerprint density at radius 1 is 1.29 bits per heavy atom. The third kappa shape index (κ3) is 1.93. The summed E-state index contributed by atoms with van der Waals surface area (Å²) in [4.78, 5) is 14.9. The molecule has 0 amide bonds. The van der Waals surface area contributed by atoms with Crippen molar-refractivity contribution in [2.24, 2.45) is 0 Å². The number of carbonyl (C=O) groups is 1. The van der Waals surface area contributed by atoms with Crippen molar-refractivity contribution in [3.05, 3.63) is 34.5 Å². The van der Waals surface area contributed by atoms with Crippen LogP contribution in [0.15, 0.2) is 12.1 Å². The van der Waals surface area contributed by atoms with Gasteiger partial charge in [0.15, 0.2) is 0 Å². The first-order chi connectivity index (χ1) is 8.04. The molecule has 90 valence electrons. The van der Waals surface area contributed by atoms with E-state index in [0.717, 1.165) is 22.0 Å². The van der Waals surface area contributed by atoms with E-state index >= 15 is 0 Å². The van der Waals surface area contributed by atoms with Gasteiger partial charge in [-0.15, -0.1) is 0 Å². The second-order valence-electron chi connectivity index (χ2n) is 4.35. The number of hydrogen-bond acceptors (Lipinski definition) is 2. The monoisotopic (exact) mass is 231 g/mol. The Bertz CT molecular complexity index is 581. The number of hydrogen-bond donors (Lipinski definition) is 1. The summed E-state index contributed by atoms with van der Waals surface area (Å²) >= 11 is 0. The Morgan fingerprint density at radius 2 is 2.00 bits per heavy atom. The van der Waals surface area contributed by atoms with Crippen molar-refractivity contribution in [2.45, 2.75) is 27.7 Å². The molecule has 1 N–H and O–H groups in total. The van der Waals surface area contributed by atoms with Crippen molar-refractivity contribution in [3.8, 4) is 0 Å². The van der Waals surface area contributed by atoms with Gasteiger partial charge in [-0.3, -0.25) is 0 Å². The summed E-state index contributed by atoms with van der Waals surface area (Å²) in [5.41, 5.74) is 4.91. The van der Waals surface area contributed by atoms with Gasteiger partial charge in [-0.05, 0) is 44.9 Å². The topological polar surface area (TPSA) is 42.1 Å². The van der Waals surface area contributed by atoms with Crippen LogP contribution in [-0.4, -0.2) is 17.6 Å². The van der Waals surface area contributed by atoms with Gasteiger partial charge in [-0.2, -0.15) is 0 Å². The number of benzene rings is 1. The zero-order valence-corrected chi connectivity index (χ0v) is 10.7. The van der Waals surface area contributed by atoms with Crippen LogP contribution in [0.3, 0.4) is 0 Å². The van der Waals surface area contributed by atoms with Crippen LogP contribution >= 0.6 is 0 Å². The normalized spacial score (nSPS) is 10.8. The average Bonchev–Trinajstić information content (AvgIpc) is 2.57. The fourth-order valence-corrected chi connectivity index (χ4v) is 2.19. The van der Waals surface area contributed by atoms with E-state index in [1.54, 1.807) is 0 Å². The van der Waals surface area contributed by atoms with Crippen LogP contribution in [-0.2, 0) is 4.74 Å².